The van der Waals surface area contributed by atoms with E-state index in [-0.39, 0.29) is 11.5 Å². The fourth-order valence-corrected chi connectivity index (χ4v) is 2.80. The smallest absolute Gasteiger partial charge is 0.343 e. The van der Waals surface area contributed by atoms with Crippen molar-refractivity contribution in [3.05, 3.63) is 74.7 Å². The summed E-state index contributed by atoms with van der Waals surface area (Å²) in [5.74, 6) is 0.225. The first-order valence-electron chi connectivity index (χ1n) is 7.36. The van der Waals surface area contributed by atoms with Crippen molar-refractivity contribution in [1.82, 2.24) is 0 Å². The van der Waals surface area contributed by atoms with Crippen molar-refractivity contribution in [2.45, 2.75) is 26.2 Å². The summed E-state index contributed by atoms with van der Waals surface area (Å²) in [6, 6.07) is 11.4. The van der Waals surface area contributed by atoms with Crippen molar-refractivity contribution in [3.63, 3.8) is 0 Å². The summed E-state index contributed by atoms with van der Waals surface area (Å²) in [7, 11) is 0. The van der Waals surface area contributed by atoms with Gasteiger partial charge < -0.3 is 14.9 Å². The molecule has 1 atom stereocenters. The van der Waals surface area contributed by atoms with Gasteiger partial charge in [0.1, 0.15) is 23.2 Å². The van der Waals surface area contributed by atoms with E-state index in [9.17, 15) is 10.1 Å². The predicted molar refractivity (Wildman–Crippen MR) is 84.8 cm³/mol. The first-order valence-corrected chi connectivity index (χ1v) is 7.36. The van der Waals surface area contributed by atoms with E-state index in [2.05, 4.69) is 13.0 Å². The van der Waals surface area contributed by atoms with Gasteiger partial charge in [0, 0.05) is 6.07 Å². The lowest BCUT2D eigenvalue weighted by Crippen LogP contribution is -2.26. The van der Waals surface area contributed by atoms with Gasteiger partial charge in [0.2, 0.25) is 5.88 Å². The van der Waals surface area contributed by atoms with Gasteiger partial charge in [0.05, 0.1) is 11.5 Å². The summed E-state index contributed by atoms with van der Waals surface area (Å²) in [6.07, 6.45) is 0.912. The molecule has 5 heteroatoms. The third-order valence-corrected chi connectivity index (χ3v) is 3.98. The number of ether oxygens (including phenoxy) is 1. The zero-order valence-electron chi connectivity index (χ0n) is 12.9. The standard InChI is InChI=1S/C18H16N2O3/c1-3-11-4-6-12(7-5-11)15-13(9-19)17(20)23-14-8-10(2)22-18(21)16(14)15/h4-8,15H,3,20H2,1-2H3. The summed E-state index contributed by atoms with van der Waals surface area (Å²) in [5.41, 5.74) is 7.89. The molecule has 1 unspecified atom stereocenters. The Kier molecular flexibility index (Phi) is 3.67. The number of benzene rings is 1. The topological polar surface area (TPSA) is 89.2 Å². The minimum atomic E-state index is -0.577. The average molecular weight is 308 g/mol. The second kappa shape index (κ2) is 5.65. The van der Waals surface area contributed by atoms with Crippen LogP contribution in [0, 0.1) is 18.3 Å². The molecule has 0 radical (unpaired) electrons. The Morgan fingerprint density at radius 2 is 2.00 bits per heavy atom. The van der Waals surface area contributed by atoms with Gasteiger partial charge in [-0.25, -0.2) is 4.79 Å². The summed E-state index contributed by atoms with van der Waals surface area (Å²) in [4.78, 5) is 12.3. The second-order valence-electron chi connectivity index (χ2n) is 5.44. The Morgan fingerprint density at radius 3 is 2.61 bits per heavy atom. The van der Waals surface area contributed by atoms with E-state index in [4.69, 9.17) is 14.9 Å². The number of hydrogen-bond donors (Lipinski definition) is 1. The predicted octanol–water partition coefficient (Wildman–Crippen LogP) is 2.73. The normalized spacial score (nSPS) is 16.5. The van der Waals surface area contributed by atoms with Crippen LogP contribution in [-0.2, 0) is 6.42 Å². The zero-order valence-corrected chi connectivity index (χ0v) is 12.9. The van der Waals surface area contributed by atoms with Crippen LogP contribution in [0.5, 0.6) is 5.75 Å². The fraction of sp³-hybridized carbons (Fsp3) is 0.222. The van der Waals surface area contributed by atoms with Gasteiger partial charge in [-0.05, 0) is 24.5 Å². The van der Waals surface area contributed by atoms with Crippen molar-refractivity contribution < 1.29 is 9.15 Å². The number of nitrogens with two attached hydrogens (primary N) is 1. The number of aryl methyl sites for hydroxylation is 2. The minimum absolute atomic E-state index is 0.0227. The van der Waals surface area contributed by atoms with Gasteiger partial charge in [-0.1, -0.05) is 31.2 Å². The maximum absolute atomic E-state index is 12.3. The van der Waals surface area contributed by atoms with Gasteiger partial charge in [0.15, 0.2) is 0 Å². The maximum atomic E-state index is 12.3. The Hall–Kier alpha value is -3.00. The number of allylic oxidation sites excluding steroid dienone is 1. The van der Waals surface area contributed by atoms with Gasteiger partial charge >= 0.3 is 5.63 Å². The Bertz CT molecular complexity index is 886. The van der Waals surface area contributed by atoms with Crippen LogP contribution in [0.3, 0.4) is 0 Å². The molecule has 23 heavy (non-hydrogen) atoms. The van der Waals surface area contributed by atoms with Crippen LogP contribution in [0.2, 0.25) is 0 Å². The maximum Gasteiger partial charge on any atom is 0.343 e. The van der Waals surface area contributed by atoms with Crippen molar-refractivity contribution in [3.8, 4) is 11.8 Å². The van der Waals surface area contributed by atoms with E-state index in [0.717, 1.165) is 12.0 Å². The second-order valence-corrected chi connectivity index (χ2v) is 5.44. The molecule has 2 N–H and O–H groups in total. The van der Waals surface area contributed by atoms with Crippen LogP contribution in [0.15, 0.2) is 51.0 Å². The fourth-order valence-electron chi connectivity index (χ4n) is 2.80. The molecule has 1 aromatic carbocycles. The van der Waals surface area contributed by atoms with Gasteiger partial charge in [-0.15, -0.1) is 0 Å². The molecule has 116 valence electrons. The van der Waals surface area contributed by atoms with Crippen molar-refractivity contribution in [2.24, 2.45) is 5.73 Å². The largest absolute Gasteiger partial charge is 0.440 e. The summed E-state index contributed by atoms with van der Waals surface area (Å²) in [6.45, 7) is 3.73. The molecule has 0 spiro atoms. The minimum Gasteiger partial charge on any atom is -0.440 e. The van der Waals surface area contributed by atoms with Gasteiger partial charge in [-0.3, -0.25) is 0 Å². The number of nitrogens with zero attached hydrogens (tertiary/aromatic N) is 1. The summed E-state index contributed by atoms with van der Waals surface area (Å²) >= 11 is 0. The number of rotatable bonds is 2. The van der Waals surface area contributed by atoms with Crippen LogP contribution >= 0.6 is 0 Å². The van der Waals surface area contributed by atoms with Crippen LogP contribution in [0.25, 0.3) is 0 Å². The molecule has 1 aliphatic rings. The quantitative estimate of drug-likeness (QED) is 0.921. The Labute approximate surface area is 133 Å². The molecule has 2 aromatic rings. The molecule has 2 heterocycles. The van der Waals surface area contributed by atoms with Crippen LogP contribution in [0.1, 0.15) is 35.3 Å². The lowest BCUT2D eigenvalue weighted by atomic mass is 9.84. The van der Waals surface area contributed by atoms with Crippen LogP contribution in [0.4, 0.5) is 0 Å². The third kappa shape index (κ3) is 2.49. The highest BCUT2D eigenvalue weighted by Crippen LogP contribution is 2.40. The highest BCUT2D eigenvalue weighted by molar-refractivity contribution is 5.54. The Morgan fingerprint density at radius 1 is 1.30 bits per heavy atom. The van der Waals surface area contributed by atoms with E-state index in [1.165, 1.54) is 5.56 Å². The van der Waals surface area contributed by atoms with Crippen LogP contribution < -0.4 is 16.1 Å². The van der Waals surface area contributed by atoms with E-state index < -0.39 is 11.5 Å². The first kappa shape index (κ1) is 14.9. The van der Waals surface area contributed by atoms with Gasteiger partial charge in [-0.2, -0.15) is 5.26 Å². The van der Waals surface area contributed by atoms with Crippen molar-refractivity contribution >= 4 is 0 Å². The molecule has 0 saturated heterocycles. The molecular weight excluding hydrogens is 292 g/mol. The molecular formula is C18H16N2O3. The summed E-state index contributed by atoms with van der Waals surface area (Å²) in [5, 5.41) is 9.46. The molecule has 0 bridgehead atoms. The summed E-state index contributed by atoms with van der Waals surface area (Å²) < 4.78 is 10.7. The third-order valence-electron chi connectivity index (χ3n) is 3.98. The van der Waals surface area contributed by atoms with E-state index in [0.29, 0.717) is 17.1 Å². The number of fused-ring (bicyclic) bond motifs is 1. The van der Waals surface area contributed by atoms with Crippen molar-refractivity contribution in [1.29, 1.82) is 5.26 Å². The van der Waals surface area contributed by atoms with Crippen LogP contribution in [-0.4, -0.2) is 0 Å². The lowest BCUT2D eigenvalue weighted by molar-refractivity contribution is 0.371. The molecule has 0 aliphatic carbocycles. The highest BCUT2D eigenvalue weighted by Gasteiger charge is 2.34. The first-order chi connectivity index (χ1) is 11.0. The molecule has 0 amide bonds. The Balaban J connectivity index is 2.24. The molecule has 1 aliphatic heterocycles. The molecule has 0 fully saturated rings. The van der Waals surface area contributed by atoms with E-state index in [1.807, 2.05) is 24.3 Å². The lowest BCUT2D eigenvalue weighted by Gasteiger charge is -2.25. The van der Waals surface area contributed by atoms with E-state index in [1.54, 1.807) is 13.0 Å². The number of nitriles is 1. The molecule has 5 nitrogen and oxygen atoms in total. The molecule has 3 rings (SSSR count). The highest BCUT2D eigenvalue weighted by atomic mass is 16.5. The monoisotopic (exact) mass is 308 g/mol. The molecule has 1 aromatic heterocycles. The van der Waals surface area contributed by atoms with Gasteiger partial charge in [0.25, 0.3) is 0 Å². The van der Waals surface area contributed by atoms with Crippen molar-refractivity contribution in [2.75, 3.05) is 0 Å². The average Bonchev–Trinajstić information content (AvgIpc) is 2.53. The van der Waals surface area contributed by atoms with E-state index >= 15 is 0 Å². The zero-order chi connectivity index (χ0) is 16.6. The number of hydrogen-bond acceptors (Lipinski definition) is 5. The SMILES string of the molecule is CCc1ccc(C2C(C#N)=C(N)Oc3cc(C)oc(=O)c32)cc1. The molecule has 0 saturated carbocycles.